The summed E-state index contributed by atoms with van der Waals surface area (Å²) in [7, 11) is 0. The van der Waals surface area contributed by atoms with E-state index in [2.05, 4.69) is 20.3 Å². The number of nitrogen functional groups attached to an aromatic ring is 2. The van der Waals surface area contributed by atoms with E-state index in [1.807, 2.05) is 32.9 Å². The van der Waals surface area contributed by atoms with E-state index >= 15 is 0 Å². The summed E-state index contributed by atoms with van der Waals surface area (Å²) >= 11 is 1.16. The first-order chi connectivity index (χ1) is 10.3. The highest BCUT2D eigenvalue weighted by atomic mass is 32.2. The van der Waals surface area contributed by atoms with Crippen molar-refractivity contribution in [2.24, 2.45) is 0 Å². The number of carbonyl (C=O) groups is 1. The van der Waals surface area contributed by atoms with Gasteiger partial charge in [0.2, 0.25) is 17.8 Å². The lowest BCUT2D eigenvalue weighted by molar-refractivity contribution is -0.113. The number of carbonyl (C=O) groups excluding carboxylic acids is 1. The molecule has 2 aromatic rings. The molecule has 0 fully saturated rings. The molecule has 1 aromatic carbocycles. The second-order valence-corrected chi connectivity index (χ2v) is 5.89. The number of nitrogens with zero attached hydrogens (tertiary/aromatic N) is 3. The summed E-state index contributed by atoms with van der Waals surface area (Å²) in [5, 5.41) is 3.24. The van der Waals surface area contributed by atoms with Crippen LogP contribution in [0.5, 0.6) is 0 Å². The highest BCUT2D eigenvalue weighted by Crippen LogP contribution is 2.22. The van der Waals surface area contributed by atoms with E-state index in [-0.39, 0.29) is 23.6 Å². The summed E-state index contributed by atoms with van der Waals surface area (Å²) in [6.07, 6.45) is 0. The van der Waals surface area contributed by atoms with Crippen LogP contribution in [0.3, 0.4) is 0 Å². The Labute approximate surface area is 132 Å². The molecule has 8 heteroatoms. The Bertz CT molecular complexity index is 675. The number of rotatable bonds is 4. The first kappa shape index (κ1) is 16.0. The minimum Gasteiger partial charge on any atom is -0.368 e. The Morgan fingerprint density at radius 3 is 2.18 bits per heavy atom. The van der Waals surface area contributed by atoms with Gasteiger partial charge in [0.1, 0.15) is 0 Å². The van der Waals surface area contributed by atoms with Crippen molar-refractivity contribution in [2.75, 3.05) is 22.5 Å². The smallest absolute Gasteiger partial charge is 0.234 e. The molecular formula is C14H18N6OS. The van der Waals surface area contributed by atoms with Crippen molar-refractivity contribution in [1.82, 2.24) is 15.0 Å². The van der Waals surface area contributed by atoms with E-state index in [9.17, 15) is 4.79 Å². The Morgan fingerprint density at radius 1 is 1.09 bits per heavy atom. The second-order valence-electron chi connectivity index (χ2n) is 4.94. The number of anilines is 3. The summed E-state index contributed by atoms with van der Waals surface area (Å²) in [5.41, 5.74) is 15.0. The molecule has 1 amide bonds. The van der Waals surface area contributed by atoms with Gasteiger partial charge in [0, 0.05) is 5.69 Å². The van der Waals surface area contributed by atoms with Crippen LogP contribution in [0.1, 0.15) is 16.7 Å². The minimum atomic E-state index is -0.141. The maximum Gasteiger partial charge on any atom is 0.234 e. The molecule has 0 aliphatic carbocycles. The first-order valence-electron chi connectivity index (χ1n) is 6.62. The van der Waals surface area contributed by atoms with E-state index in [1.165, 1.54) is 5.56 Å². The van der Waals surface area contributed by atoms with Gasteiger partial charge < -0.3 is 16.8 Å². The molecule has 1 aromatic heterocycles. The molecule has 0 saturated heterocycles. The van der Waals surface area contributed by atoms with Crippen molar-refractivity contribution in [2.45, 2.75) is 25.9 Å². The van der Waals surface area contributed by atoms with Crippen LogP contribution in [0, 0.1) is 20.8 Å². The normalized spacial score (nSPS) is 10.5. The van der Waals surface area contributed by atoms with Crippen LogP contribution in [0.15, 0.2) is 17.3 Å². The number of nitrogens with two attached hydrogens (primary N) is 2. The molecule has 0 atom stereocenters. The molecule has 0 unspecified atom stereocenters. The van der Waals surface area contributed by atoms with Crippen LogP contribution in [0.25, 0.3) is 0 Å². The van der Waals surface area contributed by atoms with Gasteiger partial charge in [0.15, 0.2) is 5.16 Å². The van der Waals surface area contributed by atoms with Crippen LogP contribution in [0.2, 0.25) is 0 Å². The molecule has 2 rings (SSSR count). The fourth-order valence-corrected chi connectivity index (χ4v) is 2.78. The maximum absolute atomic E-state index is 12.1. The molecule has 0 spiro atoms. The quantitative estimate of drug-likeness (QED) is 0.734. The fourth-order valence-electron chi connectivity index (χ4n) is 2.14. The average Bonchev–Trinajstić information content (AvgIpc) is 2.39. The van der Waals surface area contributed by atoms with Gasteiger partial charge in [-0.25, -0.2) is 0 Å². The Balaban J connectivity index is 2.02. The summed E-state index contributed by atoms with van der Waals surface area (Å²) in [5.74, 6) is 0.106. The number of hydrogen-bond donors (Lipinski definition) is 3. The van der Waals surface area contributed by atoms with E-state index in [0.717, 1.165) is 28.6 Å². The highest BCUT2D eigenvalue weighted by Gasteiger charge is 2.10. The topological polar surface area (TPSA) is 120 Å². The van der Waals surface area contributed by atoms with E-state index in [4.69, 9.17) is 11.5 Å². The van der Waals surface area contributed by atoms with E-state index in [0.29, 0.717) is 5.16 Å². The average molecular weight is 318 g/mol. The number of aromatic nitrogens is 3. The van der Waals surface area contributed by atoms with E-state index in [1.54, 1.807) is 0 Å². The lowest BCUT2D eigenvalue weighted by atomic mass is 10.1. The Morgan fingerprint density at radius 2 is 1.64 bits per heavy atom. The molecule has 0 aliphatic rings. The molecule has 7 nitrogen and oxygen atoms in total. The zero-order valence-electron chi connectivity index (χ0n) is 12.7. The monoisotopic (exact) mass is 318 g/mol. The van der Waals surface area contributed by atoms with Crippen LogP contribution in [-0.2, 0) is 4.79 Å². The number of aryl methyl sites for hydroxylation is 3. The largest absolute Gasteiger partial charge is 0.368 e. The maximum atomic E-state index is 12.1. The van der Waals surface area contributed by atoms with Gasteiger partial charge in [0.05, 0.1) is 5.75 Å². The molecule has 1 heterocycles. The van der Waals surface area contributed by atoms with Crippen molar-refractivity contribution in [1.29, 1.82) is 0 Å². The van der Waals surface area contributed by atoms with Crippen LogP contribution in [-0.4, -0.2) is 26.6 Å². The standard InChI is InChI=1S/C14H18N6OS/c1-7-4-8(2)11(9(3)5-7)17-10(21)6-22-14-19-12(15)18-13(16)20-14/h4-5H,6H2,1-3H3,(H,17,21)(H4,15,16,18,19,20). The molecule has 0 saturated carbocycles. The second kappa shape index (κ2) is 6.61. The minimum absolute atomic E-state index is 0.0423. The number of benzene rings is 1. The van der Waals surface area contributed by atoms with Gasteiger partial charge in [-0.05, 0) is 31.9 Å². The highest BCUT2D eigenvalue weighted by molar-refractivity contribution is 7.99. The van der Waals surface area contributed by atoms with Gasteiger partial charge >= 0.3 is 0 Å². The molecule has 22 heavy (non-hydrogen) atoms. The van der Waals surface area contributed by atoms with Crippen molar-refractivity contribution in [3.8, 4) is 0 Å². The molecule has 116 valence electrons. The van der Waals surface area contributed by atoms with Crippen molar-refractivity contribution in [3.63, 3.8) is 0 Å². The zero-order chi connectivity index (χ0) is 16.3. The summed E-state index contributed by atoms with van der Waals surface area (Å²) < 4.78 is 0. The predicted molar refractivity (Wildman–Crippen MR) is 88.7 cm³/mol. The summed E-state index contributed by atoms with van der Waals surface area (Å²) in [4.78, 5) is 23.6. The van der Waals surface area contributed by atoms with Gasteiger partial charge in [-0.15, -0.1) is 0 Å². The summed E-state index contributed by atoms with van der Waals surface area (Å²) in [6.45, 7) is 5.96. The van der Waals surface area contributed by atoms with Crippen molar-refractivity contribution >= 4 is 35.3 Å². The number of nitrogens with one attached hydrogen (secondary N) is 1. The van der Waals surface area contributed by atoms with E-state index < -0.39 is 0 Å². The third-order valence-corrected chi connectivity index (χ3v) is 3.77. The number of hydrogen-bond acceptors (Lipinski definition) is 7. The van der Waals surface area contributed by atoms with Gasteiger partial charge in [-0.2, -0.15) is 15.0 Å². The lowest BCUT2D eigenvalue weighted by Crippen LogP contribution is -2.16. The molecule has 0 bridgehead atoms. The molecule has 0 radical (unpaired) electrons. The first-order valence-corrected chi connectivity index (χ1v) is 7.61. The van der Waals surface area contributed by atoms with Crippen LogP contribution in [0.4, 0.5) is 17.6 Å². The third kappa shape index (κ3) is 4.08. The van der Waals surface area contributed by atoms with Crippen molar-refractivity contribution in [3.05, 3.63) is 28.8 Å². The third-order valence-electron chi connectivity index (χ3n) is 2.92. The molecular weight excluding hydrogens is 300 g/mol. The lowest BCUT2D eigenvalue weighted by Gasteiger charge is -2.12. The fraction of sp³-hybridized carbons (Fsp3) is 0.286. The van der Waals surface area contributed by atoms with Crippen molar-refractivity contribution < 1.29 is 4.79 Å². The predicted octanol–water partition coefficient (Wildman–Crippen LogP) is 1.69. The molecule has 0 aliphatic heterocycles. The SMILES string of the molecule is Cc1cc(C)c(NC(=O)CSc2nc(N)nc(N)n2)c(C)c1. The van der Waals surface area contributed by atoms with Crippen LogP contribution < -0.4 is 16.8 Å². The Hall–Kier alpha value is -2.35. The zero-order valence-corrected chi connectivity index (χ0v) is 13.5. The number of amides is 1. The van der Waals surface area contributed by atoms with Gasteiger partial charge in [-0.3, -0.25) is 4.79 Å². The van der Waals surface area contributed by atoms with Crippen LogP contribution >= 0.6 is 11.8 Å². The summed E-state index contributed by atoms with van der Waals surface area (Å²) in [6, 6.07) is 4.06. The number of thioether (sulfide) groups is 1. The Kier molecular flexibility index (Phi) is 4.81. The van der Waals surface area contributed by atoms with Gasteiger partial charge in [0.25, 0.3) is 0 Å². The van der Waals surface area contributed by atoms with Gasteiger partial charge in [-0.1, -0.05) is 29.5 Å². The molecule has 5 N–H and O–H groups in total.